The van der Waals surface area contributed by atoms with Crippen LogP contribution in [0.4, 0.5) is 19.0 Å². The van der Waals surface area contributed by atoms with Crippen molar-refractivity contribution in [2.45, 2.75) is 19.7 Å². The molecule has 0 saturated carbocycles. The lowest BCUT2D eigenvalue weighted by Gasteiger charge is -2.11. The number of aromatic nitrogens is 1. The topological polar surface area (TPSA) is 34.2 Å². The summed E-state index contributed by atoms with van der Waals surface area (Å²) in [5, 5.41) is 2.95. The molecular weight excluding hydrogens is 221 g/mol. The molecule has 6 heteroatoms. The molecule has 1 heterocycles. The van der Waals surface area contributed by atoms with E-state index in [1.54, 1.807) is 18.3 Å². The third kappa shape index (κ3) is 4.48. The van der Waals surface area contributed by atoms with Crippen LogP contribution in [-0.4, -0.2) is 24.3 Å². The number of rotatable bonds is 5. The van der Waals surface area contributed by atoms with Gasteiger partial charge in [0, 0.05) is 18.3 Å². The summed E-state index contributed by atoms with van der Waals surface area (Å²) in [4.78, 5) is 4.01. The number of alkyl halides is 3. The average Bonchev–Trinajstić information content (AvgIpc) is 2.19. The average molecular weight is 234 g/mol. The van der Waals surface area contributed by atoms with E-state index in [2.05, 4.69) is 15.0 Å². The Bertz CT molecular complexity index is 328. The van der Waals surface area contributed by atoms with Gasteiger partial charge in [0.25, 0.3) is 0 Å². The summed E-state index contributed by atoms with van der Waals surface area (Å²) in [6.07, 6.45) is -2.72. The van der Waals surface area contributed by atoms with Crippen LogP contribution in [0.2, 0.25) is 0 Å². The fraction of sp³-hybridized carbons (Fsp3) is 0.500. The van der Waals surface area contributed by atoms with E-state index in [1.165, 1.54) is 0 Å². The Hall–Kier alpha value is -1.30. The molecule has 0 bridgehead atoms. The fourth-order valence-electron chi connectivity index (χ4n) is 1.16. The molecule has 0 radical (unpaired) electrons. The summed E-state index contributed by atoms with van der Waals surface area (Å²) >= 11 is 0. The normalized spacial score (nSPS) is 11.5. The summed E-state index contributed by atoms with van der Waals surface area (Å²) in [5.41, 5.74) is 0.619. The fourth-order valence-corrected chi connectivity index (χ4v) is 1.16. The molecule has 0 saturated heterocycles. The molecule has 0 spiro atoms. The lowest BCUT2D eigenvalue weighted by Crippen LogP contribution is -2.17. The molecule has 0 atom stereocenters. The van der Waals surface area contributed by atoms with E-state index in [0.717, 1.165) is 0 Å². The van der Waals surface area contributed by atoms with Gasteiger partial charge >= 0.3 is 6.18 Å². The van der Waals surface area contributed by atoms with Crippen LogP contribution in [0.1, 0.15) is 12.5 Å². The molecule has 0 aromatic carbocycles. The number of nitrogens with zero attached hydrogens (tertiary/aromatic N) is 1. The minimum Gasteiger partial charge on any atom is -0.370 e. The number of ether oxygens (including phenoxy) is 1. The predicted molar refractivity (Wildman–Crippen MR) is 54.1 cm³/mol. The highest BCUT2D eigenvalue weighted by Gasteiger charge is 2.27. The van der Waals surface area contributed by atoms with Crippen LogP contribution in [0, 0.1) is 0 Å². The Labute approximate surface area is 91.6 Å². The maximum atomic E-state index is 11.9. The molecule has 0 fully saturated rings. The van der Waals surface area contributed by atoms with Gasteiger partial charge in [-0.05, 0) is 13.0 Å². The van der Waals surface area contributed by atoms with Crippen molar-refractivity contribution in [2.24, 2.45) is 0 Å². The van der Waals surface area contributed by atoms with Crippen molar-refractivity contribution in [3.8, 4) is 0 Å². The molecule has 0 aliphatic heterocycles. The Kier molecular flexibility index (Phi) is 4.54. The van der Waals surface area contributed by atoms with E-state index in [-0.39, 0.29) is 6.61 Å². The zero-order valence-electron chi connectivity index (χ0n) is 8.84. The van der Waals surface area contributed by atoms with Gasteiger partial charge in [0.1, 0.15) is 12.4 Å². The van der Waals surface area contributed by atoms with E-state index < -0.39 is 12.8 Å². The van der Waals surface area contributed by atoms with Gasteiger partial charge in [0.2, 0.25) is 0 Å². The Balaban J connectivity index is 2.52. The summed E-state index contributed by atoms with van der Waals surface area (Å²) in [5.74, 6) is 0.562. The number of hydrogen-bond acceptors (Lipinski definition) is 3. The van der Waals surface area contributed by atoms with Crippen molar-refractivity contribution in [2.75, 3.05) is 18.5 Å². The van der Waals surface area contributed by atoms with Crippen LogP contribution in [0.3, 0.4) is 0 Å². The molecule has 0 aliphatic carbocycles. The predicted octanol–water partition coefficient (Wildman–Crippen LogP) is 2.59. The van der Waals surface area contributed by atoms with Gasteiger partial charge in [0.05, 0.1) is 6.61 Å². The smallest absolute Gasteiger partial charge is 0.370 e. The molecule has 1 rings (SSSR count). The summed E-state index contributed by atoms with van der Waals surface area (Å²) in [6, 6.07) is 3.34. The highest BCUT2D eigenvalue weighted by Crippen LogP contribution is 2.17. The molecule has 1 aromatic rings. The van der Waals surface area contributed by atoms with Crippen LogP contribution in [0.25, 0.3) is 0 Å². The first-order valence-corrected chi connectivity index (χ1v) is 4.85. The van der Waals surface area contributed by atoms with Gasteiger partial charge in [-0.3, -0.25) is 0 Å². The minimum atomic E-state index is -4.29. The van der Waals surface area contributed by atoms with Crippen molar-refractivity contribution < 1.29 is 17.9 Å². The van der Waals surface area contributed by atoms with Gasteiger partial charge in [-0.1, -0.05) is 6.07 Å². The molecule has 0 amide bonds. The van der Waals surface area contributed by atoms with Crippen LogP contribution in [0.5, 0.6) is 0 Å². The monoisotopic (exact) mass is 234 g/mol. The third-order valence-corrected chi connectivity index (χ3v) is 1.76. The number of hydrogen-bond donors (Lipinski definition) is 1. The van der Waals surface area contributed by atoms with Crippen molar-refractivity contribution in [3.05, 3.63) is 23.9 Å². The quantitative estimate of drug-likeness (QED) is 0.850. The van der Waals surface area contributed by atoms with E-state index in [0.29, 0.717) is 17.9 Å². The Morgan fingerprint density at radius 1 is 1.44 bits per heavy atom. The second kappa shape index (κ2) is 5.69. The second-order valence-electron chi connectivity index (χ2n) is 3.15. The van der Waals surface area contributed by atoms with Gasteiger partial charge in [0.15, 0.2) is 0 Å². The van der Waals surface area contributed by atoms with Gasteiger partial charge in [-0.15, -0.1) is 0 Å². The van der Waals surface area contributed by atoms with Crippen molar-refractivity contribution in [3.63, 3.8) is 0 Å². The van der Waals surface area contributed by atoms with Crippen LogP contribution < -0.4 is 5.32 Å². The third-order valence-electron chi connectivity index (χ3n) is 1.76. The zero-order chi connectivity index (χ0) is 12.0. The Morgan fingerprint density at radius 2 is 2.19 bits per heavy atom. The van der Waals surface area contributed by atoms with E-state index in [1.807, 2.05) is 6.92 Å². The maximum Gasteiger partial charge on any atom is 0.411 e. The molecule has 90 valence electrons. The molecule has 0 unspecified atom stereocenters. The number of halogens is 3. The van der Waals surface area contributed by atoms with Crippen molar-refractivity contribution in [1.29, 1.82) is 0 Å². The SMILES string of the molecule is CCNc1ncccc1COCC(F)(F)F. The molecule has 16 heavy (non-hydrogen) atoms. The maximum absolute atomic E-state index is 11.9. The highest BCUT2D eigenvalue weighted by molar-refractivity contribution is 5.42. The lowest BCUT2D eigenvalue weighted by molar-refractivity contribution is -0.176. The van der Waals surface area contributed by atoms with Crippen molar-refractivity contribution >= 4 is 5.82 Å². The second-order valence-corrected chi connectivity index (χ2v) is 3.15. The summed E-state index contributed by atoms with van der Waals surface area (Å²) in [6.45, 7) is 1.20. The Morgan fingerprint density at radius 3 is 2.81 bits per heavy atom. The van der Waals surface area contributed by atoms with Gasteiger partial charge < -0.3 is 10.1 Å². The molecule has 1 N–H and O–H groups in total. The first-order chi connectivity index (χ1) is 7.53. The first kappa shape index (κ1) is 12.8. The van der Waals surface area contributed by atoms with Gasteiger partial charge in [-0.25, -0.2) is 4.98 Å². The number of nitrogens with one attached hydrogen (secondary N) is 1. The molecular formula is C10H13F3N2O. The van der Waals surface area contributed by atoms with Crippen LogP contribution in [-0.2, 0) is 11.3 Å². The van der Waals surface area contributed by atoms with Gasteiger partial charge in [-0.2, -0.15) is 13.2 Å². The number of anilines is 1. The van der Waals surface area contributed by atoms with E-state index in [4.69, 9.17) is 0 Å². The van der Waals surface area contributed by atoms with Crippen LogP contribution >= 0.6 is 0 Å². The van der Waals surface area contributed by atoms with Crippen LogP contribution in [0.15, 0.2) is 18.3 Å². The highest BCUT2D eigenvalue weighted by atomic mass is 19.4. The molecule has 3 nitrogen and oxygen atoms in total. The summed E-state index contributed by atoms with van der Waals surface area (Å²) in [7, 11) is 0. The summed E-state index contributed by atoms with van der Waals surface area (Å²) < 4.78 is 40.1. The van der Waals surface area contributed by atoms with E-state index in [9.17, 15) is 13.2 Å². The molecule has 1 aromatic heterocycles. The minimum absolute atomic E-state index is 0.102. The largest absolute Gasteiger partial charge is 0.411 e. The lowest BCUT2D eigenvalue weighted by atomic mass is 10.2. The number of pyridine rings is 1. The van der Waals surface area contributed by atoms with E-state index >= 15 is 0 Å². The zero-order valence-corrected chi connectivity index (χ0v) is 8.84. The van der Waals surface area contributed by atoms with Crippen molar-refractivity contribution in [1.82, 2.24) is 4.98 Å². The standard InChI is InChI=1S/C10H13F3N2O/c1-2-14-9-8(4-3-5-15-9)6-16-7-10(11,12)13/h3-5H,2,6-7H2,1H3,(H,14,15). The first-order valence-electron chi connectivity index (χ1n) is 4.85. The molecule has 0 aliphatic rings.